The lowest BCUT2D eigenvalue weighted by Gasteiger charge is -2.11. The number of nitrogens with one attached hydrogen (secondary N) is 2. The second-order valence-electron chi connectivity index (χ2n) is 3.91. The smallest absolute Gasteiger partial charge is 0.319 e. The van der Waals surface area contributed by atoms with Gasteiger partial charge in [-0.2, -0.15) is 11.3 Å². The standard InChI is InChI=1S/C13H13ClN2O2S/c14-10-1-3-11(4-2-10)16-13(18)15-7-12(17)9-5-6-19-8-9/h1-6,8,12,17H,7H2,(H2,15,16,18). The zero-order valence-corrected chi connectivity index (χ0v) is 11.5. The van der Waals surface area contributed by atoms with Gasteiger partial charge in [0.15, 0.2) is 0 Å². The molecule has 2 amide bonds. The number of amides is 2. The molecule has 0 saturated heterocycles. The highest BCUT2D eigenvalue weighted by molar-refractivity contribution is 7.07. The number of anilines is 1. The molecule has 2 aromatic rings. The molecule has 0 aliphatic carbocycles. The van der Waals surface area contributed by atoms with Crippen LogP contribution in [0, 0.1) is 0 Å². The Morgan fingerprint density at radius 1 is 1.32 bits per heavy atom. The van der Waals surface area contributed by atoms with E-state index in [0.29, 0.717) is 10.7 Å². The fraction of sp³-hybridized carbons (Fsp3) is 0.154. The van der Waals surface area contributed by atoms with Crippen LogP contribution in [0.25, 0.3) is 0 Å². The van der Waals surface area contributed by atoms with Gasteiger partial charge in [0, 0.05) is 17.3 Å². The van der Waals surface area contributed by atoms with Crippen LogP contribution in [0.1, 0.15) is 11.7 Å². The molecule has 0 saturated carbocycles. The van der Waals surface area contributed by atoms with E-state index >= 15 is 0 Å². The molecule has 1 unspecified atom stereocenters. The first-order valence-corrected chi connectivity index (χ1v) is 6.98. The zero-order chi connectivity index (χ0) is 13.7. The molecule has 0 radical (unpaired) electrons. The molecule has 19 heavy (non-hydrogen) atoms. The fourth-order valence-electron chi connectivity index (χ4n) is 1.48. The fourth-order valence-corrected chi connectivity index (χ4v) is 2.31. The number of halogens is 1. The van der Waals surface area contributed by atoms with Crippen molar-refractivity contribution < 1.29 is 9.90 Å². The molecule has 4 nitrogen and oxygen atoms in total. The normalized spacial score (nSPS) is 11.9. The molecule has 0 fully saturated rings. The van der Waals surface area contributed by atoms with Crippen molar-refractivity contribution in [2.45, 2.75) is 6.10 Å². The van der Waals surface area contributed by atoms with Gasteiger partial charge in [-0.3, -0.25) is 0 Å². The van der Waals surface area contributed by atoms with E-state index in [1.54, 1.807) is 24.3 Å². The SMILES string of the molecule is O=C(NCC(O)c1ccsc1)Nc1ccc(Cl)cc1. The largest absolute Gasteiger partial charge is 0.387 e. The Kier molecular flexibility index (Phi) is 4.79. The van der Waals surface area contributed by atoms with E-state index in [9.17, 15) is 9.90 Å². The van der Waals surface area contributed by atoms with Crippen molar-refractivity contribution in [3.05, 3.63) is 51.7 Å². The highest BCUT2D eigenvalue weighted by atomic mass is 35.5. The molecule has 1 aromatic heterocycles. The molecular formula is C13H13ClN2O2S. The Hall–Kier alpha value is -1.56. The summed E-state index contributed by atoms with van der Waals surface area (Å²) in [4.78, 5) is 11.6. The lowest BCUT2D eigenvalue weighted by molar-refractivity contribution is 0.175. The summed E-state index contributed by atoms with van der Waals surface area (Å²) >= 11 is 7.25. The van der Waals surface area contributed by atoms with Crippen LogP contribution in [0.3, 0.4) is 0 Å². The van der Waals surface area contributed by atoms with Crippen LogP contribution >= 0.6 is 22.9 Å². The van der Waals surface area contributed by atoms with Crippen LogP contribution in [0.4, 0.5) is 10.5 Å². The number of hydrogen-bond acceptors (Lipinski definition) is 3. The summed E-state index contributed by atoms with van der Waals surface area (Å²) in [6.07, 6.45) is -0.692. The molecule has 100 valence electrons. The average Bonchev–Trinajstić information content (AvgIpc) is 2.93. The monoisotopic (exact) mass is 296 g/mol. The van der Waals surface area contributed by atoms with E-state index in [1.807, 2.05) is 16.8 Å². The predicted octanol–water partition coefficient (Wildman–Crippen LogP) is 3.26. The molecule has 1 heterocycles. The van der Waals surface area contributed by atoms with Gasteiger partial charge in [0.25, 0.3) is 0 Å². The minimum atomic E-state index is -0.692. The molecule has 1 aromatic carbocycles. The Balaban J connectivity index is 1.80. The Morgan fingerprint density at radius 3 is 2.68 bits per heavy atom. The lowest BCUT2D eigenvalue weighted by Crippen LogP contribution is -2.32. The lowest BCUT2D eigenvalue weighted by atomic mass is 10.2. The number of carbonyl (C=O) groups is 1. The van der Waals surface area contributed by atoms with Crippen molar-refractivity contribution in [3.63, 3.8) is 0 Å². The van der Waals surface area contributed by atoms with Gasteiger partial charge in [0.1, 0.15) is 0 Å². The number of thiophene rings is 1. The highest BCUT2D eigenvalue weighted by Gasteiger charge is 2.09. The van der Waals surface area contributed by atoms with E-state index in [0.717, 1.165) is 5.56 Å². The molecule has 6 heteroatoms. The molecule has 2 rings (SSSR count). The minimum absolute atomic E-state index is 0.163. The van der Waals surface area contributed by atoms with E-state index in [4.69, 9.17) is 11.6 Å². The van der Waals surface area contributed by atoms with Crippen LogP contribution < -0.4 is 10.6 Å². The maximum Gasteiger partial charge on any atom is 0.319 e. The Morgan fingerprint density at radius 2 is 2.05 bits per heavy atom. The highest BCUT2D eigenvalue weighted by Crippen LogP contribution is 2.15. The van der Waals surface area contributed by atoms with Gasteiger partial charge in [-0.1, -0.05) is 11.6 Å². The van der Waals surface area contributed by atoms with E-state index in [2.05, 4.69) is 10.6 Å². The first kappa shape index (κ1) is 13.9. The average molecular weight is 297 g/mol. The van der Waals surface area contributed by atoms with Gasteiger partial charge in [-0.15, -0.1) is 0 Å². The summed E-state index contributed by atoms with van der Waals surface area (Å²) in [6, 6.07) is 8.26. The third kappa shape index (κ3) is 4.24. The van der Waals surface area contributed by atoms with Crippen LogP contribution in [-0.2, 0) is 0 Å². The molecule has 0 aliphatic rings. The van der Waals surface area contributed by atoms with Gasteiger partial charge < -0.3 is 15.7 Å². The summed E-state index contributed by atoms with van der Waals surface area (Å²) in [5, 5.41) is 19.4. The molecular weight excluding hydrogens is 284 g/mol. The molecule has 0 bridgehead atoms. The van der Waals surface area contributed by atoms with Crippen molar-refractivity contribution >= 4 is 34.7 Å². The van der Waals surface area contributed by atoms with Crippen LogP contribution in [0.15, 0.2) is 41.1 Å². The van der Waals surface area contributed by atoms with Crippen LogP contribution in [0.5, 0.6) is 0 Å². The Bertz CT molecular complexity index is 528. The summed E-state index contributed by atoms with van der Waals surface area (Å²) in [5.41, 5.74) is 1.45. The summed E-state index contributed by atoms with van der Waals surface area (Å²) in [5.74, 6) is 0. The molecule has 0 spiro atoms. The summed E-state index contributed by atoms with van der Waals surface area (Å²) in [7, 11) is 0. The number of rotatable bonds is 4. The van der Waals surface area contributed by atoms with Gasteiger partial charge in [-0.25, -0.2) is 4.79 Å². The third-order valence-corrected chi connectivity index (χ3v) is 3.44. The van der Waals surface area contributed by atoms with Gasteiger partial charge in [0.05, 0.1) is 6.10 Å². The molecule has 0 aliphatic heterocycles. The van der Waals surface area contributed by atoms with Gasteiger partial charge in [0.2, 0.25) is 0 Å². The first-order chi connectivity index (χ1) is 9.15. The second-order valence-corrected chi connectivity index (χ2v) is 5.13. The predicted molar refractivity (Wildman–Crippen MR) is 77.8 cm³/mol. The number of aliphatic hydroxyl groups excluding tert-OH is 1. The summed E-state index contributed by atoms with van der Waals surface area (Å²) < 4.78 is 0. The van der Waals surface area contributed by atoms with Crippen LogP contribution in [0.2, 0.25) is 5.02 Å². The molecule has 1 atom stereocenters. The number of aliphatic hydroxyl groups is 1. The van der Waals surface area contributed by atoms with Crippen molar-refractivity contribution in [1.29, 1.82) is 0 Å². The first-order valence-electron chi connectivity index (χ1n) is 5.66. The number of hydrogen-bond donors (Lipinski definition) is 3. The van der Waals surface area contributed by atoms with E-state index < -0.39 is 6.10 Å². The number of urea groups is 1. The maximum atomic E-state index is 11.6. The van der Waals surface area contributed by atoms with E-state index in [1.165, 1.54) is 11.3 Å². The van der Waals surface area contributed by atoms with Crippen molar-refractivity contribution in [1.82, 2.24) is 5.32 Å². The minimum Gasteiger partial charge on any atom is -0.387 e. The number of benzene rings is 1. The third-order valence-electron chi connectivity index (χ3n) is 2.49. The summed E-state index contributed by atoms with van der Waals surface area (Å²) in [6.45, 7) is 0.163. The van der Waals surface area contributed by atoms with Gasteiger partial charge >= 0.3 is 6.03 Å². The van der Waals surface area contributed by atoms with Crippen molar-refractivity contribution in [2.75, 3.05) is 11.9 Å². The van der Waals surface area contributed by atoms with Crippen molar-refractivity contribution in [3.8, 4) is 0 Å². The topological polar surface area (TPSA) is 61.4 Å². The quantitative estimate of drug-likeness (QED) is 0.811. The zero-order valence-electron chi connectivity index (χ0n) is 9.97. The van der Waals surface area contributed by atoms with Crippen molar-refractivity contribution in [2.24, 2.45) is 0 Å². The number of carbonyl (C=O) groups excluding carboxylic acids is 1. The Labute approximate surface area is 120 Å². The second kappa shape index (κ2) is 6.56. The van der Waals surface area contributed by atoms with E-state index in [-0.39, 0.29) is 12.6 Å². The van der Waals surface area contributed by atoms with Crippen LogP contribution in [-0.4, -0.2) is 17.7 Å². The van der Waals surface area contributed by atoms with Gasteiger partial charge in [-0.05, 0) is 46.7 Å². The molecule has 3 N–H and O–H groups in total. The maximum absolute atomic E-state index is 11.6.